The van der Waals surface area contributed by atoms with Crippen LogP contribution in [0.15, 0.2) is 10.9 Å². The standard InChI is InChI=1S/C11H15N5OS/c1-6-4-9(15-12)14-10(13-6)5-16-7(2)8(3)18-11(16)17/h4H,5,12H2,1-3H3,(H,13,14,15). The van der Waals surface area contributed by atoms with Crippen LogP contribution >= 0.6 is 11.3 Å². The smallest absolute Gasteiger partial charge is 0.307 e. The van der Waals surface area contributed by atoms with Crippen LogP contribution in [0.1, 0.15) is 22.1 Å². The first kappa shape index (κ1) is 12.7. The summed E-state index contributed by atoms with van der Waals surface area (Å²) in [6, 6.07) is 1.75. The number of thiazole rings is 1. The van der Waals surface area contributed by atoms with E-state index in [-0.39, 0.29) is 4.87 Å². The number of hydrazine groups is 1. The number of nitrogen functional groups attached to an aromatic ring is 1. The Kier molecular flexibility index (Phi) is 3.44. The zero-order chi connectivity index (χ0) is 13.3. The third-order valence-electron chi connectivity index (χ3n) is 2.72. The number of nitrogens with one attached hydrogen (secondary N) is 1. The molecule has 0 aliphatic rings. The van der Waals surface area contributed by atoms with E-state index in [0.717, 1.165) is 16.3 Å². The Morgan fingerprint density at radius 3 is 2.67 bits per heavy atom. The summed E-state index contributed by atoms with van der Waals surface area (Å²) in [4.78, 5) is 21.4. The Morgan fingerprint density at radius 2 is 2.11 bits per heavy atom. The lowest BCUT2D eigenvalue weighted by molar-refractivity contribution is 0.705. The molecule has 2 aromatic heterocycles. The Labute approximate surface area is 108 Å². The van der Waals surface area contributed by atoms with E-state index in [1.54, 1.807) is 10.6 Å². The Balaban J connectivity index is 2.39. The van der Waals surface area contributed by atoms with Crippen LogP contribution < -0.4 is 16.1 Å². The van der Waals surface area contributed by atoms with Crippen LogP contribution in [0.3, 0.4) is 0 Å². The van der Waals surface area contributed by atoms with Crippen LogP contribution in [0.4, 0.5) is 5.82 Å². The van der Waals surface area contributed by atoms with Crippen molar-refractivity contribution in [3.05, 3.63) is 37.8 Å². The van der Waals surface area contributed by atoms with Gasteiger partial charge in [0.2, 0.25) is 0 Å². The number of aryl methyl sites for hydroxylation is 2. The molecular weight excluding hydrogens is 250 g/mol. The summed E-state index contributed by atoms with van der Waals surface area (Å²) in [6.45, 7) is 6.08. The number of rotatable bonds is 3. The number of hydrogen-bond acceptors (Lipinski definition) is 6. The molecule has 0 fully saturated rings. The maximum absolute atomic E-state index is 11.8. The van der Waals surface area contributed by atoms with E-state index in [2.05, 4.69) is 15.4 Å². The molecule has 7 heteroatoms. The largest absolute Gasteiger partial charge is 0.308 e. The van der Waals surface area contributed by atoms with E-state index >= 15 is 0 Å². The van der Waals surface area contributed by atoms with Crippen LogP contribution in [0.2, 0.25) is 0 Å². The fraction of sp³-hybridized carbons (Fsp3) is 0.364. The second-order valence-corrected chi connectivity index (χ2v) is 5.22. The van der Waals surface area contributed by atoms with E-state index in [0.29, 0.717) is 18.2 Å². The zero-order valence-corrected chi connectivity index (χ0v) is 11.3. The fourth-order valence-electron chi connectivity index (χ4n) is 1.69. The molecular formula is C11H15N5OS. The van der Waals surface area contributed by atoms with Crippen molar-refractivity contribution in [2.45, 2.75) is 27.3 Å². The molecule has 0 amide bonds. The fourth-order valence-corrected chi connectivity index (χ4v) is 2.52. The summed E-state index contributed by atoms with van der Waals surface area (Å²) in [5.74, 6) is 6.46. The van der Waals surface area contributed by atoms with Gasteiger partial charge in [-0.15, -0.1) is 0 Å². The Bertz CT molecular complexity index is 631. The van der Waals surface area contributed by atoms with E-state index < -0.39 is 0 Å². The SMILES string of the molecule is Cc1cc(NN)nc(Cn2c(C)c(C)sc2=O)n1. The lowest BCUT2D eigenvalue weighted by Gasteiger charge is -2.07. The highest BCUT2D eigenvalue weighted by Crippen LogP contribution is 2.11. The first-order valence-electron chi connectivity index (χ1n) is 5.49. The minimum absolute atomic E-state index is 0.0114. The van der Waals surface area contributed by atoms with E-state index in [4.69, 9.17) is 5.84 Å². The van der Waals surface area contributed by atoms with E-state index in [1.807, 2.05) is 20.8 Å². The Hall–Kier alpha value is -1.73. The highest BCUT2D eigenvalue weighted by molar-refractivity contribution is 7.09. The van der Waals surface area contributed by atoms with Crippen molar-refractivity contribution in [2.75, 3.05) is 5.43 Å². The van der Waals surface area contributed by atoms with Crippen LogP contribution in [-0.2, 0) is 6.54 Å². The topological polar surface area (TPSA) is 85.8 Å². The Morgan fingerprint density at radius 1 is 1.39 bits per heavy atom. The second kappa shape index (κ2) is 4.87. The van der Waals surface area contributed by atoms with E-state index in [9.17, 15) is 4.79 Å². The molecule has 0 atom stereocenters. The molecule has 0 aromatic carbocycles. The van der Waals surface area contributed by atoms with Gasteiger partial charge in [0.15, 0.2) is 5.82 Å². The number of hydrogen-bond donors (Lipinski definition) is 2. The molecule has 0 aliphatic heterocycles. The molecule has 2 rings (SSSR count). The summed E-state index contributed by atoms with van der Waals surface area (Å²) in [6.07, 6.45) is 0. The van der Waals surface area contributed by atoms with Gasteiger partial charge < -0.3 is 5.43 Å². The number of anilines is 1. The second-order valence-electron chi connectivity index (χ2n) is 4.05. The predicted molar refractivity (Wildman–Crippen MR) is 71.7 cm³/mol. The average molecular weight is 265 g/mol. The van der Waals surface area contributed by atoms with Crippen molar-refractivity contribution in [1.29, 1.82) is 0 Å². The maximum atomic E-state index is 11.8. The average Bonchev–Trinajstić information content (AvgIpc) is 2.55. The van der Waals surface area contributed by atoms with Gasteiger partial charge in [-0.3, -0.25) is 9.36 Å². The number of aromatic nitrogens is 3. The summed E-state index contributed by atoms with van der Waals surface area (Å²) in [5, 5.41) is 0. The molecule has 6 nitrogen and oxygen atoms in total. The predicted octanol–water partition coefficient (Wildman–Crippen LogP) is 0.959. The maximum Gasteiger partial charge on any atom is 0.307 e. The molecule has 0 radical (unpaired) electrons. The van der Waals surface area contributed by atoms with Gasteiger partial charge in [0.1, 0.15) is 5.82 Å². The molecule has 3 N–H and O–H groups in total. The van der Waals surface area contributed by atoms with Crippen molar-refractivity contribution >= 4 is 17.2 Å². The molecule has 0 saturated heterocycles. The third kappa shape index (κ3) is 2.41. The van der Waals surface area contributed by atoms with Crippen LogP contribution in [0.5, 0.6) is 0 Å². The van der Waals surface area contributed by atoms with Gasteiger partial charge in [0, 0.05) is 22.3 Å². The molecule has 0 unspecified atom stereocenters. The molecule has 0 saturated carbocycles. The number of nitrogens with zero attached hydrogens (tertiary/aromatic N) is 3. The number of nitrogens with two attached hydrogens (primary N) is 1. The monoisotopic (exact) mass is 265 g/mol. The van der Waals surface area contributed by atoms with Gasteiger partial charge in [-0.2, -0.15) is 0 Å². The normalized spacial score (nSPS) is 10.7. The molecule has 0 bridgehead atoms. The van der Waals surface area contributed by atoms with Gasteiger partial charge in [0.05, 0.1) is 6.54 Å². The quantitative estimate of drug-likeness (QED) is 0.637. The summed E-state index contributed by atoms with van der Waals surface area (Å²) in [5.41, 5.74) is 4.26. The third-order valence-corrected chi connectivity index (χ3v) is 3.72. The van der Waals surface area contributed by atoms with Gasteiger partial charge in [-0.1, -0.05) is 11.3 Å². The van der Waals surface area contributed by atoms with Gasteiger partial charge in [0.25, 0.3) is 0 Å². The lowest BCUT2D eigenvalue weighted by atomic mass is 10.4. The molecule has 0 spiro atoms. The van der Waals surface area contributed by atoms with Gasteiger partial charge in [-0.25, -0.2) is 15.8 Å². The minimum Gasteiger partial charge on any atom is -0.308 e. The van der Waals surface area contributed by atoms with Gasteiger partial charge in [-0.05, 0) is 20.8 Å². The molecule has 2 heterocycles. The highest BCUT2D eigenvalue weighted by Gasteiger charge is 2.10. The highest BCUT2D eigenvalue weighted by atomic mass is 32.1. The van der Waals surface area contributed by atoms with Crippen LogP contribution in [0.25, 0.3) is 0 Å². The molecule has 18 heavy (non-hydrogen) atoms. The van der Waals surface area contributed by atoms with E-state index in [1.165, 1.54) is 11.3 Å². The minimum atomic E-state index is 0.0114. The van der Waals surface area contributed by atoms with Crippen molar-refractivity contribution in [3.8, 4) is 0 Å². The first-order chi connectivity index (χ1) is 8.51. The molecule has 2 aromatic rings. The van der Waals surface area contributed by atoms with Crippen molar-refractivity contribution in [1.82, 2.24) is 14.5 Å². The summed E-state index contributed by atoms with van der Waals surface area (Å²) >= 11 is 1.24. The molecule has 96 valence electrons. The van der Waals surface area contributed by atoms with Gasteiger partial charge >= 0.3 is 4.87 Å². The van der Waals surface area contributed by atoms with Crippen molar-refractivity contribution < 1.29 is 0 Å². The van der Waals surface area contributed by atoms with Crippen molar-refractivity contribution in [3.63, 3.8) is 0 Å². The first-order valence-corrected chi connectivity index (χ1v) is 6.31. The van der Waals surface area contributed by atoms with Crippen LogP contribution in [-0.4, -0.2) is 14.5 Å². The summed E-state index contributed by atoms with van der Waals surface area (Å²) in [7, 11) is 0. The van der Waals surface area contributed by atoms with Crippen LogP contribution in [0, 0.1) is 20.8 Å². The van der Waals surface area contributed by atoms with Crippen molar-refractivity contribution in [2.24, 2.45) is 5.84 Å². The molecule has 0 aliphatic carbocycles. The summed E-state index contributed by atoms with van der Waals surface area (Å²) < 4.78 is 1.68. The lowest BCUT2D eigenvalue weighted by Crippen LogP contribution is -2.18. The zero-order valence-electron chi connectivity index (χ0n) is 10.5.